The molecular weight excluding hydrogens is 452 g/mol. The fourth-order valence-electron chi connectivity index (χ4n) is 4.12. The molecule has 2 aromatic heterocycles. The Kier molecular flexibility index (Phi) is 7.19. The summed E-state index contributed by atoms with van der Waals surface area (Å²) in [6.45, 7) is 10.9. The highest BCUT2D eigenvalue weighted by atomic mass is 35.5. The lowest BCUT2D eigenvalue weighted by molar-refractivity contribution is -0.117. The van der Waals surface area contributed by atoms with Crippen molar-refractivity contribution >= 4 is 40.1 Å². The van der Waals surface area contributed by atoms with Crippen molar-refractivity contribution in [2.75, 3.05) is 38.0 Å². The molecule has 1 saturated heterocycles. The molecule has 0 radical (unpaired) electrons. The van der Waals surface area contributed by atoms with E-state index >= 15 is 0 Å². The van der Waals surface area contributed by atoms with Crippen LogP contribution in [-0.2, 0) is 4.79 Å². The number of hydrogen-bond donors (Lipinski definition) is 1. The zero-order valence-corrected chi connectivity index (χ0v) is 20.8. The Morgan fingerprint density at radius 2 is 1.79 bits per heavy atom. The van der Waals surface area contributed by atoms with Gasteiger partial charge in [-0.2, -0.15) is 5.10 Å². The molecule has 0 bridgehead atoms. The fraction of sp³-hybridized carbons (Fsp3) is 0.440. The first kappa shape index (κ1) is 24.2. The number of pyridine rings is 1. The number of piperazine rings is 1. The van der Waals surface area contributed by atoms with E-state index in [2.05, 4.69) is 43.0 Å². The van der Waals surface area contributed by atoms with Gasteiger partial charge in [0.15, 0.2) is 5.65 Å². The number of rotatable bonds is 6. The Hall–Kier alpha value is -2.97. The first-order valence-electron chi connectivity index (χ1n) is 11.7. The van der Waals surface area contributed by atoms with Gasteiger partial charge in [0.05, 0.1) is 34.4 Å². The maximum atomic E-state index is 13.5. The number of carbonyl (C=O) groups is 2. The molecule has 34 heavy (non-hydrogen) atoms. The van der Waals surface area contributed by atoms with E-state index in [0.717, 1.165) is 16.7 Å². The third-order valence-corrected chi connectivity index (χ3v) is 6.40. The number of aromatic nitrogens is 3. The average molecular weight is 483 g/mol. The van der Waals surface area contributed by atoms with Crippen LogP contribution in [0.5, 0.6) is 0 Å². The number of para-hydroxylation sites is 1. The summed E-state index contributed by atoms with van der Waals surface area (Å²) in [6, 6.07) is 9.23. The number of benzene rings is 1. The van der Waals surface area contributed by atoms with Crippen molar-refractivity contribution in [3.63, 3.8) is 0 Å². The van der Waals surface area contributed by atoms with Crippen molar-refractivity contribution in [3.8, 4) is 0 Å². The van der Waals surface area contributed by atoms with Crippen molar-refractivity contribution in [3.05, 3.63) is 52.8 Å². The molecule has 4 rings (SSSR count). The minimum Gasteiger partial charge on any atom is -0.336 e. The Morgan fingerprint density at radius 3 is 2.44 bits per heavy atom. The van der Waals surface area contributed by atoms with Crippen molar-refractivity contribution in [2.24, 2.45) is 0 Å². The van der Waals surface area contributed by atoms with Crippen LogP contribution in [0.25, 0.3) is 11.0 Å². The molecule has 1 aliphatic heterocycles. The monoisotopic (exact) mass is 482 g/mol. The lowest BCUT2D eigenvalue weighted by Crippen LogP contribution is -2.50. The second-order valence-electron chi connectivity index (χ2n) is 9.27. The quantitative estimate of drug-likeness (QED) is 0.569. The van der Waals surface area contributed by atoms with Crippen LogP contribution in [0.4, 0.5) is 5.69 Å². The van der Waals surface area contributed by atoms with Gasteiger partial charge in [0, 0.05) is 37.9 Å². The summed E-state index contributed by atoms with van der Waals surface area (Å²) >= 11 is 6.13. The number of anilines is 1. The highest BCUT2D eigenvalue weighted by molar-refractivity contribution is 6.33. The van der Waals surface area contributed by atoms with Crippen LogP contribution < -0.4 is 5.32 Å². The number of nitrogens with one attached hydrogen (secondary N) is 1. The standard InChI is InChI=1S/C25H31ClN6O2/c1-16(2)22-13-18(19-14-27-32(17(3)4)24(19)29-22)25(34)31-11-9-30(10-12-31)15-23(33)28-21-8-6-5-7-20(21)26/h5-8,13-14,16-17H,9-12,15H2,1-4H3,(H,28,33). The summed E-state index contributed by atoms with van der Waals surface area (Å²) in [5.74, 6) is 0.0594. The van der Waals surface area contributed by atoms with Crippen molar-refractivity contribution in [2.45, 2.75) is 39.7 Å². The molecule has 3 heterocycles. The number of halogens is 1. The van der Waals surface area contributed by atoms with E-state index in [1.165, 1.54) is 0 Å². The van der Waals surface area contributed by atoms with Crippen molar-refractivity contribution in [1.82, 2.24) is 24.6 Å². The van der Waals surface area contributed by atoms with Gasteiger partial charge in [-0.3, -0.25) is 14.5 Å². The lowest BCUT2D eigenvalue weighted by atomic mass is 10.0. The van der Waals surface area contributed by atoms with E-state index in [1.54, 1.807) is 18.3 Å². The molecule has 0 spiro atoms. The minimum absolute atomic E-state index is 0.0159. The summed E-state index contributed by atoms with van der Waals surface area (Å²) in [6.07, 6.45) is 1.75. The molecule has 180 valence electrons. The van der Waals surface area contributed by atoms with E-state index in [0.29, 0.717) is 42.5 Å². The second kappa shape index (κ2) is 10.1. The van der Waals surface area contributed by atoms with Gasteiger partial charge in [-0.15, -0.1) is 0 Å². The molecule has 0 atom stereocenters. The maximum absolute atomic E-state index is 13.5. The predicted octanol–water partition coefficient (Wildman–Crippen LogP) is 4.19. The second-order valence-corrected chi connectivity index (χ2v) is 9.67. The van der Waals surface area contributed by atoms with Crippen LogP contribution in [0, 0.1) is 0 Å². The molecule has 1 aliphatic rings. The van der Waals surface area contributed by atoms with Gasteiger partial charge in [-0.25, -0.2) is 9.67 Å². The number of amides is 2. The smallest absolute Gasteiger partial charge is 0.254 e. The Labute approximate surface area is 204 Å². The minimum atomic E-state index is -0.119. The van der Waals surface area contributed by atoms with Crippen LogP contribution in [0.2, 0.25) is 5.02 Å². The van der Waals surface area contributed by atoms with Gasteiger partial charge in [0.1, 0.15) is 0 Å². The Morgan fingerprint density at radius 1 is 1.09 bits per heavy atom. The van der Waals surface area contributed by atoms with Crippen LogP contribution in [0.1, 0.15) is 55.7 Å². The molecule has 0 saturated carbocycles. The average Bonchev–Trinajstić information content (AvgIpc) is 3.24. The summed E-state index contributed by atoms with van der Waals surface area (Å²) < 4.78 is 1.87. The molecule has 1 fully saturated rings. The molecule has 9 heteroatoms. The van der Waals surface area contributed by atoms with Crippen LogP contribution in [0.3, 0.4) is 0 Å². The van der Waals surface area contributed by atoms with Gasteiger partial charge in [0.2, 0.25) is 5.91 Å². The van der Waals surface area contributed by atoms with E-state index < -0.39 is 0 Å². The van der Waals surface area contributed by atoms with Crippen LogP contribution >= 0.6 is 11.6 Å². The number of hydrogen-bond acceptors (Lipinski definition) is 5. The Balaban J connectivity index is 1.44. The largest absolute Gasteiger partial charge is 0.336 e. The van der Waals surface area contributed by atoms with Gasteiger partial charge >= 0.3 is 0 Å². The zero-order valence-electron chi connectivity index (χ0n) is 20.1. The predicted molar refractivity (Wildman–Crippen MR) is 134 cm³/mol. The van der Waals surface area contributed by atoms with Gasteiger partial charge < -0.3 is 10.2 Å². The SMILES string of the molecule is CC(C)c1cc(C(=O)N2CCN(CC(=O)Nc3ccccc3Cl)CC2)c2cnn(C(C)C)c2n1. The third-order valence-electron chi connectivity index (χ3n) is 6.07. The molecule has 1 aromatic carbocycles. The molecular formula is C25H31ClN6O2. The molecule has 3 aromatic rings. The van der Waals surface area contributed by atoms with Crippen molar-refractivity contribution < 1.29 is 9.59 Å². The van der Waals surface area contributed by atoms with E-state index in [4.69, 9.17) is 16.6 Å². The van der Waals surface area contributed by atoms with Crippen LogP contribution in [-0.4, -0.2) is 69.1 Å². The number of nitrogens with zero attached hydrogens (tertiary/aromatic N) is 5. The van der Waals surface area contributed by atoms with Gasteiger partial charge in [-0.05, 0) is 38.0 Å². The fourth-order valence-corrected chi connectivity index (χ4v) is 4.31. The summed E-state index contributed by atoms with van der Waals surface area (Å²) in [7, 11) is 0. The molecule has 8 nitrogen and oxygen atoms in total. The van der Waals surface area contributed by atoms with E-state index in [9.17, 15) is 9.59 Å². The summed E-state index contributed by atoms with van der Waals surface area (Å²) in [5, 5.41) is 8.64. The van der Waals surface area contributed by atoms with E-state index in [1.807, 2.05) is 27.8 Å². The number of carbonyl (C=O) groups excluding carboxylic acids is 2. The zero-order chi connectivity index (χ0) is 24.4. The summed E-state index contributed by atoms with van der Waals surface area (Å²) in [4.78, 5) is 34.7. The van der Waals surface area contributed by atoms with Gasteiger partial charge in [0.25, 0.3) is 5.91 Å². The lowest BCUT2D eigenvalue weighted by Gasteiger charge is -2.34. The van der Waals surface area contributed by atoms with Gasteiger partial charge in [-0.1, -0.05) is 37.6 Å². The Bertz CT molecular complexity index is 1200. The maximum Gasteiger partial charge on any atom is 0.254 e. The third kappa shape index (κ3) is 5.08. The van der Waals surface area contributed by atoms with Crippen LogP contribution in [0.15, 0.2) is 36.5 Å². The molecule has 0 aliphatic carbocycles. The first-order chi connectivity index (χ1) is 16.2. The van der Waals surface area contributed by atoms with Crippen molar-refractivity contribution in [1.29, 1.82) is 0 Å². The first-order valence-corrected chi connectivity index (χ1v) is 12.1. The highest BCUT2D eigenvalue weighted by Gasteiger charge is 2.26. The highest BCUT2D eigenvalue weighted by Crippen LogP contribution is 2.26. The topological polar surface area (TPSA) is 83.4 Å². The molecule has 2 amide bonds. The normalized spacial score (nSPS) is 14.9. The molecule has 1 N–H and O–H groups in total. The molecule has 0 unspecified atom stereocenters. The van der Waals surface area contributed by atoms with E-state index in [-0.39, 0.29) is 30.3 Å². The number of fused-ring (bicyclic) bond motifs is 1. The summed E-state index contributed by atoms with van der Waals surface area (Å²) in [5.41, 5.74) is 2.88.